The molecule has 0 saturated carbocycles. The van der Waals surface area contributed by atoms with E-state index >= 15 is 0 Å². The van der Waals surface area contributed by atoms with Gasteiger partial charge in [-0.15, -0.1) is 0 Å². The second kappa shape index (κ2) is 6.43. The second-order valence-electron chi connectivity index (χ2n) is 4.80. The zero-order valence-corrected chi connectivity index (χ0v) is 12.8. The molecule has 118 valence electrons. The van der Waals surface area contributed by atoms with Crippen LogP contribution in [0.5, 0.6) is 0 Å². The first kappa shape index (κ1) is 15.0. The summed E-state index contributed by atoms with van der Waals surface area (Å²) in [6.45, 7) is 3.78. The quantitative estimate of drug-likeness (QED) is 0.669. The van der Waals surface area contributed by atoms with Crippen LogP contribution in [0.15, 0.2) is 39.3 Å². The average Bonchev–Trinajstić information content (AvgIpc) is 3.17. The minimum absolute atomic E-state index is 0.0914. The molecule has 0 bridgehead atoms. The van der Waals surface area contributed by atoms with Crippen LogP contribution in [0.3, 0.4) is 0 Å². The SMILES string of the molecule is CCOC(=O)c1noc(Cc2nc(-c3ccccc3)oc2C)n1. The highest BCUT2D eigenvalue weighted by Crippen LogP contribution is 2.22. The zero-order chi connectivity index (χ0) is 16.2. The molecule has 0 saturated heterocycles. The van der Waals surface area contributed by atoms with Crippen LogP contribution in [0.2, 0.25) is 0 Å². The summed E-state index contributed by atoms with van der Waals surface area (Å²) >= 11 is 0. The number of aryl methyl sites for hydroxylation is 1. The molecule has 1 aromatic carbocycles. The number of rotatable bonds is 5. The third kappa shape index (κ3) is 3.28. The van der Waals surface area contributed by atoms with E-state index in [1.54, 1.807) is 6.92 Å². The van der Waals surface area contributed by atoms with E-state index in [0.717, 1.165) is 5.56 Å². The van der Waals surface area contributed by atoms with Crippen molar-refractivity contribution in [2.75, 3.05) is 6.61 Å². The third-order valence-corrected chi connectivity index (χ3v) is 3.16. The topological polar surface area (TPSA) is 91.2 Å². The summed E-state index contributed by atoms with van der Waals surface area (Å²) in [4.78, 5) is 20.0. The van der Waals surface area contributed by atoms with Gasteiger partial charge < -0.3 is 13.7 Å². The first-order chi connectivity index (χ1) is 11.2. The van der Waals surface area contributed by atoms with E-state index in [1.165, 1.54) is 0 Å². The van der Waals surface area contributed by atoms with Crippen molar-refractivity contribution in [3.8, 4) is 11.5 Å². The van der Waals surface area contributed by atoms with Crippen LogP contribution < -0.4 is 0 Å². The van der Waals surface area contributed by atoms with Crippen LogP contribution in [0.1, 0.15) is 34.9 Å². The van der Waals surface area contributed by atoms with Gasteiger partial charge in [0.1, 0.15) is 5.76 Å². The summed E-state index contributed by atoms with van der Waals surface area (Å²) in [6.07, 6.45) is 0.286. The highest BCUT2D eigenvalue weighted by Gasteiger charge is 2.18. The summed E-state index contributed by atoms with van der Waals surface area (Å²) in [5.74, 6) is 0.780. The molecule has 23 heavy (non-hydrogen) atoms. The number of benzene rings is 1. The Hall–Kier alpha value is -2.96. The number of carbonyl (C=O) groups excluding carboxylic acids is 1. The van der Waals surface area contributed by atoms with Gasteiger partial charge >= 0.3 is 5.97 Å². The molecule has 0 fully saturated rings. The van der Waals surface area contributed by atoms with Gasteiger partial charge in [0.2, 0.25) is 11.8 Å². The molecule has 0 aliphatic rings. The number of esters is 1. The Morgan fingerprint density at radius 1 is 1.22 bits per heavy atom. The van der Waals surface area contributed by atoms with Crippen LogP contribution in [-0.2, 0) is 11.2 Å². The van der Waals surface area contributed by atoms with Gasteiger partial charge in [0.15, 0.2) is 0 Å². The monoisotopic (exact) mass is 313 g/mol. The summed E-state index contributed by atoms with van der Waals surface area (Å²) in [7, 11) is 0. The molecule has 2 heterocycles. The average molecular weight is 313 g/mol. The summed E-state index contributed by atoms with van der Waals surface area (Å²) in [5.41, 5.74) is 1.57. The number of carbonyl (C=O) groups is 1. The van der Waals surface area contributed by atoms with Gasteiger partial charge in [-0.2, -0.15) is 4.98 Å². The van der Waals surface area contributed by atoms with E-state index in [2.05, 4.69) is 15.1 Å². The summed E-state index contributed by atoms with van der Waals surface area (Å²) < 4.78 is 15.6. The maximum Gasteiger partial charge on any atom is 0.379 e. The Morgan fingerprint density at radius 3 is 2.74 bits per heavy atom. The lowest BCUT2D eigenvalue weighted by molar-refractivity contribution is 0.0508. The van der Waals surface area contributed by atoms with E-state index in [4.69, 9.17) is 13.7 Å². The number of hydrogen-bond acceptors (Lipinski definition) is 7. The normalized spacial score (nSPS) is 10.7. The Labute approximate surface area is 132 Å². The smallest absolute Gasteiger partial charge is 0.379 e. The fraction of sp³-hybridized carbons (Fsp3) is 0.250. The van der Waals surface area contributed by atoms with E-state index in [0.29, 0.717) is 17.3 Å². The molecule has 0 radical (unpaired) electrons. The van der Waals surface area contributed by atoms with Crippen LogP contribution in [0, 0.1) is 6.92 Å². The number of nitrogens with zero attached hydrogens (tertiary/aromatic N) is 3. The molecule has 7 heteroatoms. The van der Waals surface area contributed by atoms with Gasteiger partial charge in [-0.25, -0.2) is 9.78 Å². The molecule has 2 aromatic heterocycles. The second-order valence-corrected chi connectivity index (χ2v) is 4.80. The molecule has 0 unspecified atom stereocenters. The van der Waals surface area contributed by atoms with Gasteiger partial charge in [-0.1, -0.05) is 18.2 Å². The molecule has 3 aromatic rings. The number of aromatic nitrogens is 3. The van der Waals surface area contributed by atoms with Crippen LogP contribution >= 0.6 is 0 Å². The molecule has 0 aliphatic carbocycles. The number of ether oxygens (including phenoxy) is 1. The fourth-order valence-corrected chi connectivity index (χ4v) is 2.04. The highest BCUT2D eigenvalue weighted by atomic mass is 16.5. The van der Waals surface area contributed by atoms with Crippen LogP contribution in [0.25, 0.3) is 11.5 Å². The number of oxazole rings is 1. The van der Waals surface area contributed by atoms with Crippen molar-refractivity contribution in [1.82, 2.24) is 15.1 Å². The fourth-order valence-electron chi connectivity index (χ4n) is 2.04. The van der Waals surface area contributed by atoms with Gasteiger partial charge in [0.05, 0.1) is 18.7 Å². The standard InChI is InChI=1S/C16H15N3O4/c1-3-21-16(20)14-18-13(23-19-14)9-12-10(2)22-15(17-12)11-7-5-4-6-8-11/h4-8H,3,9H2,1-2H3. The lowest BCUT2D eigenvalue weighted by Crippen LogP contribution is -2.06. The van der Waals surface area contributed by atoms with Crippen molar-refractivity contribution < 1.29 is 18.5 Å². The summed E-state index contributed by atoms with van der Waals surface area (Å²) in [6, 6.07) is 9.59. The van der Waals surface area contributed by atoms with Gasteiger partial charge in [0.25, 0.3) is 5.82 Å². The maximum atomic E-state index is 11.5. The molecular formula is C16H15N3O4. The third-order valence-electron chi connectivity index (χ3n) is 3.16. The molecule has 0 aliphatic heterocycles. The molecular weight excluding hydrogens is 298 g/mol. The number of hydrogen-bond donors (Lipinski definition) is 0. The largest absolute Gasteiger partial charge is 0.460 e. The van der Waals surface area contributed by atoms with E-state index < -0.39 is 5.97 Å². The van der Waals surface area contributed by atoms with Gasteiger partial charge in [-0.3, -0.25) is 0 Å². The lowest BCUT2D eigenvalue weighted by Gasteiger charge is -1.93. The lowest BCUT2D eigenvalue weighted by atomic mass is 10.2. The summed E-state index contributed by atoms with van der Waals surface area (Å²) in [5, 5.41) is 3.61. The predicted molar refractivity (Wildman–Crippen MR) is 79.7 cm³/mol. The first-order valence-electron chi connectivity index (χ1n) is 7.18. The van der Waals surface area contributed by atoms with Crippen molar-refractivity contribution in [2.24, 2.45) is 0 Å². The predicted octanol–water partition coefficient (Wildman–Crippen LogP) is 2.80. The molecule has 3 rings (SSSR count). The van der Waals surface area contributed by atoms with E-state index in [1.807, 2.05) is 37.3 Å². The van der Waals surface area contributed by atoms with Gasteiger partial charge in [0, 0.05) is 5.56 Å². The van der Waals surface area contributed by atoms with Crippen LogP contribution in [0.4, 0.5) is 0 Å². The van der Waals surface area contributed by atoms with E-state index in [9.17, 15) is 4.79 Å². The van der Waals surface area contributed by atoms with Crippen molar-refractivity contribution in [3.63, 3.8) is 0 Å². The Morgan fingerprint density at radius 2 is 2.00 bits per heavy atom. The zero-order valence-electron chi connectivity index (χ0n) is 12.8. The van der Waals surface area contributed by atoms with Crippen molar-refractivity contribution in [2.45, 2.75) is 20.3 Å². The molecule has 0 amide bonds. The molecule has 0 spiro atoms. The van der Waals surface area contributed by atoms with Crippen LogP contribution in [-0.4, -0.2) is 27.7 Å². The first-order valence-corrected chi connectivity index (χ1v) is 7.18. The Balaban J connectivity index is 1.79. The molecule has 0 atom stereocenters. The van der Waals surface area contributed by atoms with E-state index in [-0.39, 0.29) is 24.7 Å². The minimum atomic E-state index is -0.607. The Bertz CT molecular complexity index is 808. The molecule has 7 nitrogen and oxygen atoms in total. The van der Waals surface area contributed by atoms with Crippen molar-refractivity contribution in [1.29, 1.82) is 0 Å². The van der Waals surface area contributed by atoms with Crippen molar-refractivity contribution >= 4 is 5.97 Å². The Kier molecular flexibility index (Phi) is 4.18. The van der Waals surface area contributed by atoms with Gasteiger partial charge in [-0.05, 0) is 31.1 Å². The minimum Gasteiger partial charge on any atom is -0.460 e. The van der Waals surface area contributed by atoms with Crippen molar-refractivity contribution in [3.05, 3.63) is 53.5 Å². The molecule has 0 N–H and O–H groups in total. The highest BCUT2D eigenvalue weighted by molar-refractivity contribution is 5.84. The maximum absolute atomic E-state index is 11.5.